The molecule has 188 valence electrons. The molecule has 0 aliphatic carbocycles. The summed E-state index contributed by atoms with van der Waals surface area (Å²) in [6.45, 7) is 0.391. The number of sulfonamides is 1. The highest BCUT2D eigenvalue weighted by Crippen LogP contribution is 2.36. The summed E-state index contributed by atoms with van der Waals surface area (Å²) >= 11 is 6.26. The minimum Gasteiger partial charge on any atom is -0.392 e. The third-order valence-corrected chi connectivity index (χ3v) is 7.25. The summed E-state index contributed by atoms with van der Waals surface area (Å²) in [5, 5.41) is 12.5. The van der Waals surface area contributed by atoms with Gasteiger partial charge in [-0.3, -0.25) is 0 Å². The van der Waals surface area contributed by atoms with Crippen molar-refractivity contribution in [2.75, 3.05) is 24.7 Å². The fourth-order valence-electron chi connectivity index (χ4n) is 3.80. The monoisotopic (exact) mass is 530 g/mol. The van der Waals surface area contributed by atoms with Gasteiger partial charge in [-0.15, -0.1) is 0 Å². The summed E-state index contributed by atoms with van der Waals surface area (Å²) in [6, 6.07) is 4.63. The van der Waals surface area contributed by atoms with Gasteiger partial charge in [0.15, 0.2) is 0 Å². The van der Waals surface area contributed by atoms with Crippen molar-refractivity contribution in [1.29, 1.82) is 0 Å². The standard InChI is InChI=1S/C21H22ClF3N6O3S/c1-35(33,34)31-6-4-14(5-7-31)28-20-26-9-15(21(23,24)25)19(29-20)17-10-30(12-27-17)18-3-2-13(11-32)8-16(18)22/h2-3,8-10,12,14,32H,4-7,11H2,1H3,(H,26,28,29). The van der Waals surface area contributed by atoms with E-state index in [0.717, 1.165) is 6.26 Å². The van der Waals surface area contributed by atoms with E-state index < -0.39 is 27.5 Å². The Balaban J connectivity index is 1.62. The van der Waals surface area contributed by atoms with Crippen LogP contribution in [0, 0.1) is 0 Å². The van der Waals surface area contributed by atoms with Crippen LogP contribution >= 0.6 is 11.6 Å². The number of imidazole rings is 1. The summed E-state index contributed by atoms with van der Waals surface area (Å²) in [6.07, 6.45) is 0.765. The molecule has 1 aliphatic heterocycles. The minimum atomic E-state index is -4.71. The molecule has 0 bridgehead atoms. The Hall–Kier alpha value is -2.74. The Morgan fingerprint density at radius 1 is 1.23 bits per heavy atom. The number of benzene rings is 1. The first kappa shape index (κ1) is 25.4. The smallest absolute Gasteiger partial charge is 0.392 e. The molecule has 2 N–H and O–H groups in total. The van der Waals surface area contributed by atoms with Crippen LogP contribution < -0.4 is 5.32 Å². The molecule has 14 heteroatoms. The topological polar surface area (TPSA) is 113 Å². The molecule has 2 aromatic heterocycles. The first-order valence-corrected chi connectivity index (χ1v) is 12.8. The fourth-order valence-corrected chi connectivity index (χ4v) is 4.98. The van der Waals surface area contributed by atoms with E-state index in [-0.39, 0.29) is 24.3 Å². The maximum Gasteiger partial charge on any atom is 0.420 e. The Bertz CT molecular complexity index is 1320. The number of piperidine rings is 1. The normalized spacial score (nSPS) is 15.9. The fraction of sp³-hybridized carbons (Fsp3) is 0.381. The molecule has 35 heavy (non-hydrogen) atoms. The van der Waals surface area contributed by atoms with Crippen LogP contribution in [-0.2, 0) is 22.8 Å². The Morgan fingerprint density at radius 2 is 1.94 bits per heavy atom. The van der Waals surface area contributed by atoms with Crippen LogP contribution in [0.4, 0.5) is 19.1 Å². The SMILES string of the molecule is CS(=O)(=O)N1CCC(Nc2ncc(C(F)(F)F)c(-c3cn(-c4ccc(CO)cc4Cl)cn3)n2)CC1. The van der Waals surface area contributed by atoms with E-state index >= 15 is 0 Å². The highest BCUT2D eigenvalue weighted by atomic mass is 35.5. The molecule has 0 atom stereocenters. The molecule has 0 saturated carbocycles. The average Bonchev–Trinajstić information content (AvgIpc) is 3.28. The lowest BCUT2D eigenvalue weighted by Gasteiger charge is -2.30. The van der Waals surface area contributed by atoms with E-state index in [4.69, 9.17) is 11.6 Å². The second-order valence-electron chi connectivity index (χ2n) is 8.14. The molecule has 0 unspecified atom stereocenters. The van der Waals surface area contributed by atoms with Crippen LogP contribution in [-0.4, -0.2) is 62.7 Å². The van der Waals surface area contributed by atoms with Crippen molar-refractivity contribution < 1.29 is 26.7 Å². The zero-order valence-corrected chi connectivity index (χ0v) is 20.1. The van der Waals surface area contributed by atoms with E-state index in [2.05, 4.69) is 20.3 Å². The molecular weight excluding hydrogens is 509 g/mol. The molecule has 9 nitrogen and oxygen atoms in total. The van der Waals surface area contributed by atoms with Gasteiger partial charge in [0.25, 0.3) is 0 Å². The molecule has 3 aromatic rings. The van der Waals surface area contributed by atoms with Crippen LogP contribution in [0.3, 0.4) is 0 Å². The number of anilines is 1. The van der Waals surface area contributed by atoms with Crippen LogP contribution in [0.2, 0.25) is 5.02 Å². The quantitative estimate of drug-likeness (QED) is 0.502. The lowest BCUT2D eigenvalue weighted by Crippen LogP contribution is -2.42. The molecule has 1 saturated heterocycles. The number of aromatic nitrogens is 4. The van der Waals surface area contributed by atoms with E-state index in [0.29, 0.717) is 48.4 Å². The first-order valence-electron chi connectivity index (χ1n) is 10.6. The lowest BCUT2D eigenvalue weighted by atomic mass is 10.1. The zero-order valence-electron chi connectivity index (χ0n) is 18.5. The highest BCUT2D eigenvalue weighted by Gasteiger charge is 2.36. The maximum absolute atomic E-state index is 13.7. The highest BCUT2D eigenvalue weighted by molar-refractivity contribution is 7.88. The molecule has 1 fully saturated rings. The van der Waals surface area contributed by atoms with Crippen molar-refractivity contribution in [2.24, 2.45) is 0 Å². The van der Waals surface area contributed by atoms with Crippen LogP contribution in [0.1, 0.15) is 24.0 Å². The molecule has 0 spiro atoms. The second kappa shape index (κ2) is 9.72. The summed E-state index contributed by atoms with van der Waals surface area (Å²) in [5.74, 6) is -0.00862. The van der Waals surface area contributed by atoms with Crippen molar-refractivity contribution in [3.8, 4) is 17.1 Å². The Kier molecular flexibility index (Phi) is 7.04. The van der Waals surface area contributed by atoms with Gasteiger partial charge in [0.1, 0.15) is 23.3 Å². The summed E-state index contributed by atoms with van der Waals surface area (Å²) in [5.41, 5.74) is -0.405. The van der Waals surface area contributed by atoms with Gasteiger partial charge in [0.05, 0.1) is 23.6 Å². The van der Waals surface area contributed by atoms with Crippen LogP contribution in [0.15, 0.2) is 36.9 Å². The van der Waals surface area contributed by atoms with Crippen LogP contribution in [0.5, 0.6) is 0 Å². The second-order valence-corrected chi connectivity index (χ2v) is 10.5. The number of hydrogen-bond donors (Lipinski definition) is 2. The number of nitrogens with one attached hydrogen (secondary N) is 1. The van der Waals surface area contributed by atoms with Crippen molar-refractivity contribution in [1.82, 2.24) is 23.8 Å². The Labute approximate surface area is 204 Å². The number of aliphatic hydroxyl groups is 1. The van der Waals surface area contributed by atoms with Crippen molar-refractivity contribution >= 4 is 27.6 Å². The minimum absolute atomic E-state index is 0.00862. The molecule has 0 radical (unpaired) electrons. The van der Waals surface area contributed by atoms with Gasteiger partial charge >= 0.3 is 6.18 Å². The summed E-state index contributed by atoms with van der Waals surface area (Å²) < 4.78 is 67.3. The van der Waals surface area contributed by atoms with E-state index in [9.17, 15) is 26.7 Å². The molecule has 0 amide bonds. The maximum atomic E-state index is 13.7. The van der Waals surface area contributed by atoms with Crippen molar-refractivity contribution in [2.45, 2.75) is 31.7 Å². The zero-order chi connectivity index (χ0) is 25.4. The van der Waals surface area contributed by atoms with E-state index in [1.807, 2.05) is 0 Å². The Morgan fingerprint density at radius 3 is 2.54 bits per heavy atom. The van der Waals surface area contributed by atoms with Crippen molar-refractivity contribution in [3.63, 3.8) is 0 Å². The average molecular weight is 531 g/mol. The van der Waals surface area contributed by atoms with E-state index in [1.54, 1.807) is 18.2 Å². The van der Waals surface area contributed by atoms with Gasteiger partial charge in [-0.25, -0.2) is 27.7 Å². The number of nitrogens with zero attached hydrogens (tertiary/aromatic N) is 5. The lowest BCUT2D eigenvalue weighted by molar-refractivity contribution is -0.137. The van der Waals surface area contributed by atoms with Gasteiger partial charge in [-0.05, 0) is 30.5 Å². The van der Waals surface area contributed by atoms with Gasteiger partial charge in [-0.2, -0.15) is 13.2 Å². The predicted octanol–water partition coefficient (Wildman–Crippen LogP) is 3.33. The molecule has 3 heterocycles. The van der Waals surface area contributed by atoms with Gasteiger partial charge < -0.3 is 15.0 Å². The number of aliphatic hydroxyl groups excluding tert-OH is 1. The van der Waals surface area contributed by atoms with Gasteiger partial charge in [-0.1, -0.05) is 17.7 Å². The van der Waals surface area contributed by atoms with E-state index in [1.165, 1.54) is 21.4 Å². The summed E-state index contributed by atoms with van der Waals surface area (Å²) in [4.78, 5) is 12.1. The number of rotatable bonds is 6. The van der Waals surface area contributed by atoms with Crippen molar-refractivity contribution in [3.05, 3.63) is 53.1 Å². The largest absolute Gasteiger partial charge is 0.420 e. The van der Waals surface area contributed by atoms with Gasteiger partial charge in [0, 0.05) is 31.5 Å². The predicted molar refractivity (Wildman–Crippen MR) is 124 cm³/mol. The third-order valence-electron chi connectivity index (χ3n) is 5.65. The molecule has 1 aliphatic rings. The summed E-state index contributed by atoms with van der Waals surface area (Å²) in [7, 11) is -3.30. The van der Waals surface area contributed by atoms with Gasteiger partial charge in [0.2, 0.25) is 16.0 Å². The molecule has 1 aromatic carbocycles. The third kappa shape index (κ3) is 5.74. The first-order chi connectivity index (χ1) is 16.5. The molecule has 4 rings (SSSR count). The van der Waals surface area contributed by atoms with Crippen LogP contribution in [0.25, 0.3) is 17.1 Å². The number of alkyl halides is 3. The number of halogens is 4. The molecular formula is C21H22ClF3N6O3S. The number of hydrogen-bond acceptors (Lipinski definition) is 7.